The summed E-state index contributed by atoms with van der Waals surface area (Å²) in [7, 11) is 2.24. The summed E-state index contributed by atoms with van der Waals surface area (Å²) in [5, 5.41) is 3.61. The van der Waals surface area contributed by atoms with E-state index in [4.69, 9.17) is 0 Å². The highest BCUT2D eigenvalue weighted by molar-refractivity contribution is 7.09. The van der Waals surface area contributed by atoms with Crippen molar-refractivity contribution in [3.05, 3.63) is 16.6 Å². The fourth-order valence-corrected chi connectivity index (χ4v) is 2.91. The van der Waals surface area contributed by atoms with E-state index >= 15 is 0 Å². The minimum atomic E-state index is 0.433. The zero-order valence-corrected chi connectivity index (χ0v) is 11.0. The van der Waals surface area contributed by atoms with Crippen molar-refractivity contribution < 1.29 is 0 Å². The first kappa shape index (κ1) is 12.0. The predicted molar refractivity (Wildman–Crippen MR) is 68.8 cm³/mol. The molecule has 1 aromatic heterocycles. The number of nitrogens with one attached hydrogen (secondary N) is 1. The second-order valence-corrected chi connectivity index (χ2v) is 5.58. The number of piperidine rings is 1. The highest BCUT2D eigenvalue weighted by atomic mass is 32.1. The van der Waals surface area contributed by atoms with Crippen LogP contribution in [0.1, 0.15) is 37.1 Å². The molecule has 2 rings (SSSR count). The molecule has 0 spiro atoms. The molecule has 0 bridgehead atoms. The summed E-state index contributed by atoms with van der Waals surface area (Å²) < 4.78 is 0. The highest BCUT2D eigenvalue weighted by Crippen LogP contribution is 2.18. The van der Waals surface area contributed by atoms with Crippen molar-refractivity contribution >= 4 is 11.3 Å². The normalized spacial score (nSPS) is 24.5. The molecule has 2 heterocycles. The molecular formula is C12H21N3S. The number of aromatic nitrogens is 1. The van der Waals surface area contributed by atoms with Crippen molar-refractivity contribution in [2.75, 3.05) is 20.1 Å². The number of hydrogen-bond donors (Lipinski definition) is 1. The predicted octanol–water partition coefficient (Wildman–Crippen LogP) is 2.28. The molecule has 1 fully saturated rings. The van der Waals surface area contributed by atoms with E-state index in [-0.39, 0.29) is 0 Å². The first-order chi connectivity index (χ1) is 7.77. The van der Waals surface area contributed by atoms with Gasteiger partial charge in [-0.2, -0.15) is 0 Å². The van der Waals surface area contributed by atoms with Gasteiger partial charge in [0.1, 0.15) is 0 Å². The van der Waals surface area contributed by atoms with Gasteiger partial charge in [-0.25, -0.2) is 0 Å². The summed E-state index contributed by atoms with van der Waals surface area (Å²) in [5.74, 6) is 0. The highest BCUT2D eigenvalue weighted by Gasteiger charge is 2.19. The van der Waals surface area contributed by atoms with Gasteiger partial charge in [-0.3, -0.25) is 4.98 Å². The largest absolute Gasteiger partial charge is 0.308 e. The molecule has 4 heteroatoms. The molecule has 0 saturated carbocycles. The molecule has 1 saturated heterocycles. The van der Waals surface area contributed by atoms with Gasteiger partial charge in [0.2, 0.25) is 0 Å². The van der Waals surface area contributed by atoms with Gasteiger partial charge in [0.25, 0.3) is 0 Å². The number of hydrogen-bond acceptors (Lipinski definition) is 4. The van der Waals surface area contributed by atoms with Crippen molar-refractivity contribution in [2.45, 2.75) is 38.3 Å². The topological polar surface area (TPSA) is 28.2 Å². The minimum Gasteiger partial charge on any atom is -0.308 e. The standard InChI is InChI=1S/C12H21N3S/c1-10(12-8-13-9-16-12)14-7-11-5-3-4-6-15(11)2/h8-11,14H,3-7H2,1-2H3. The van der Waals surface area contributed by atoms with Gasteiger partial charge in [0.05, 0.1) is 5.51 Å². The van der Waals surface area contributed by atoms with Gasteiger partial charge in [-0.1, -0.05) is 6.42 Å². The molecule has 0 amide bonds. The zero-order valence-electron chi connectivity index (χ0n) is 10.1. The molecule has 1 aromatic rings. The van der Waals surface area contributed by atoms with Crippen molar-refractivity contribution in [3.63, 3.8) is 0 Å². The van der Waals surface area contributed by atoms with Gasteiger partial charge in [-0.15, -0.1) is 11.3 Å². The van der Waals surface area contributed by atoms with Crippen LogP contribution in [0.25, 0.3) is 0 Å². The molecule has 2 atom stereocenters. The third-order valence-corrected chi connectivity index (χ3v) is 4.42. The molecule has 16 heavy (non-hydrogen) atoms. The van der Waals surface area contributed by atoms with Gasteiger partial charge >= 0.3 is 0 Å². The fourth-order valence-electron chi connectivity index (χ4n) is 2.25. The van der Waals surface area contributed by atoms with E-state index in [2.05, 4.69) is 29.2 Å². The first-order valence-electron chi connectivity index (χ1n) is 6.09. The molecule has 90 valence electrons. The Balaban J connectivity index is 1.78. The van der Waals surface area contributed by atoms with Crippen molar-refractivity contribution in [3.8, 4) is 0 Å². The van der Waals surface area contributed by atoms with Crippen LogP contribution in [0, 0.1) is 0 Å². The van der Waals surface area contributed by atoms with Gasteiger partial charge in [-0.05, 0) is 33.4 Å². The van der Waals surface area contributed by atoms with Crippen LogP contribution in [-0.4, -0.2) is 36.1 Å². The molecule has 1 aliphatic rings. The minimum absolute atomic E-state index is 0.433. The number of likely N-dealkylation sites (tertiary alicyclic amines) is 1. The Labute approximate surface area is 102 Å². The lowest BCUT2D eigenvalue weighted by Crippen LogP contribution is -2.43. The van der Waals surface area contributed by atoms with E-state index in [0.717, 1.165) is 6.54 Å². The van der Waals surface area contributed by atoms with Crippen LogP contribution in [0.3, 0.4) is 0 Å². The Bertz CT molecular complexity index is 299. The van der Waals surface area contributed by atoms with Crippen LogP contribution in [0.2, 0.25) is 0 Å². The molecule has 0 aromatic carbocycles. The van der Waals surface area contributed by atoms with Crippen LogP contribution in [0.15, 0.2) is 11.7 Å². The number of nitrogens with zero attached hydrogens (tertiary/aromatic N) is 2. The fraction of sp³-hybridized carbons (Fsp3) is 0.750. The van der Waals surface area contributed by atoms with Gasteiger partial charge in [0.15, 0.2) is 0 Å². The van der Waals surface area contributed by atoms with Crippen molar-refractivity contribution in [1.29, 1.82) is 0 Å². The van der Waals surface area contributed by atoms with E-state index in [9.17, 15) is 0 Å². The molecular weight excluding hydrogens is 218 g/mol. The molecule has 0 aliphatic carbocycles. The first-order valence-corrected chi connectivity index (χ1v) is 6.97. The molecule has 3 nitrogen and oxygen atoms in total. The smallest absolute Gasteiger partial charge is 0.0794 e. The van der Waals surface area contributed by atoms with Gasteiger partial charge < -0.3 is 10.2 Å². The summed E-state index contributed by atoms with van der Waals surface area (Å²) in [5.41, 5.74) is 1.90. The number of rotatable bonds is 4. The maximum atomic E-state index is 4.12. The summed E-state index contributed by atoms with van der Waals surface area (Å²) in [6, 6.07) is 1.15. The second kappa shape index (κ2) is 5.75. The Morgan fingerprint density at radius 1 is 1.62 bits per heavy atom. The van der Waals surface area contributed by atoms with E-state index in [1.165, 1.54) is 30.7 Å². The van der Waals surface area contributed by atoms with Crippen molar-refractivity contribution in [2.24, 2.45) is 0 Å². The Kier molecular flexibility index (Phi) is 4.32. The van der Waals surface area contributed by atoms with E-state index in [1.54, 1.807) is 11.3 Å². The quantitative estimate of drug-likeness (QED) is 0.873. The van der Waals surface area contributed by atoms with E-state index in [0.29, 0.717) is 12.1 Å². The molecule has 1 aliphatic heterocycles. The monoisotopic (exact) mass is 239 g/mol. The maximum absolute atomic E-state index is 4.12. The summed E-state index contributed by atoms with van der Waals surface area (Å²) in [6.45, 7) is 4.56. The lowest BCUT2D eigenvalue weighted by molar-refractivity contribution is 0.178. The average molecular weight is 239 g/mol. The molecule has 0 radical (unpaired) electrons. The van der Waals surface area contributed by atoms with Crippen LogP contribution in [0.5, 0.6) is 0 Å². The third kappa shape index (κ3) is 3.03. The van der Waals surface area contributed by atoms with Crippen LogP contribution >= 0.6 is 11.3 Å². The Morgan fingerprint density at radius 3 is 3.19 bits per heavy atom. The zero-order chi connectivity index (χ0) is 11.4. The number of likely N-dealkylation sites (N-methyl/N-ethyl adjacent to an activating group) is 1. The molecule has 1 N–H and O–H groups in total. The average Bonchev–Trinajstić information content (AvgIpc) is 2.81. The lowest BCUT2D eigenvalue weighted by atomic mass is 10.0. The number of thiazole rings is 1. The Morgan fingerprint density at radius 2 is 2.50 bits per heavy atom. The lowest BCUT2D eigenvalue weighted by Gasteiger charge is -2.33. The van der Waals surface area contributed by atoms with Gasteiger partial charge in [0, 0.05) is 29.7 Å². The summed E-state index contributed by atoms with van der Waals surface area (Å²) in [4.78, 5) is 7.94. The van der Waals surface area contributed by atoms with Crippen molar-refractivity contribution in [1.82, 2.24) is 15.2 Å². The van der Waals surface area contributed by atoms with Crippen LogP contribution < -0.4 is 5.32 Å². The second-order valence-electron chi connectivity index (χ2n) is 4.66. The Hall–Kier alpha value is -0.450. The maximum Gasteiger partial charge on any atom is 0.0794 e. The van der Waals surface area contributed by atoms with E-state index < -0.39 is 0 Å². The van der Waals surface area contributed by atoms with E-state index in [1.807, 2.05) is 11.7 Å². The third-order valence-electron chi connectivity index (χ3n) is 3.46. The summed E-state index contributed by atoms with van der Waals surface area (Å²) in [6.07, 6.45) is 6.04. The SMILES string of the molecule is CC(NCC1CCCCN1C)c1cncs1. The van der Waals surface area contributed by atoms with Crippen LogP contribution in [-0.2, 0) is 0 Å². The summed E-state index contributed by atoms with van der Waals surface area (Å²) >= 11 is 1.73. The molecule has 2 unspecified atom stereocenters. The van der Waals surface area contributed by atoms with Crippen LogP contribution in [0.4, 0.5) is 0 Å².